The fraction of sp³-hybridized carbons (Fsp3) is 0.500. The van der Waals surface area contributed by atoms with Gasteiger partial charge in [-0.25, -0.2) is 0 Å². The van der Waals surface area contributed by atoms with Crippen LogP contribution in [-0.2, 0) is 6.42 Å². The third kappa shape index (κ3) is 2.35. The summed E-state index contributed by atoms with van der Waals surface area (Å²) >= 11 is 0. The summed E-state index contributed by atoms with van der Waals surface area (Å²) in [7, 11) is 0. The highest BCUT2D eigenvalue weighted by atomic mass is 16.3. The number of hydrogen-bond acceptors (Lipinski definition) is 3. The molecule has 1 amide bonds. The summed E-state index contributed by atoms with van der Waals surface area (Å²) < 4.78 is 5.16. The topological polar surface area (TPSA) is 68.3 Å². The molecule has 4 nitrogen and oxygen atoms in total. The quantitative estimate of drug-likeness (QED) is 0.752. The lowest BCUT2D eigenvalue weighted by molar-refractivity contribution is 0.0939. The molecular formula is C10H16N2O2. The molecule has 3 N–H and O–H groups in total. The molecule has 0 aliphatic carbocycles. The van der Waals surface area contributed by atoms with E-state index in [1.165, 1.54) is 6.26 Å². The second kappa shape index (κ2) is 4.81. The number of amides is 1. The van der Waals surface area contributed by atoms with Crippen molar-refractivity contribution in [1.82, 2.24) is 5.32 Å². The maximum atomic E-state index is 11.6. The van der Waals surface area contributed by atoms with Gasteiger partial charge < -0.3 is 15.5 Å². The number of nitrogens with one attached hydrogen (secondary N) is 1. The Hall–Kier alpha value is -1.29. The highest BCUT2D eigenvalue weighted by Crippen LogP contribution is 2.10. The Morgan fingerprint density at radius 1 is 1.71 bits per heavy atom. The molecule has 0 aliphatic rings. The average Bonchev–Trinajstić information content (AvgIpc) is 2.65. The summed E-state index contributed by atoms with van der Waals surface area (Å²) in [6.45, 7) is 4.25. The van der Waals surface area contributed by atoms with E-state index < -0.39 is 0 Å². The molecular weight excluding hydrogens is 180 g/mol. The summed E-state index contributed by atoms with van der Waals surface area (Å²) in [6.07, 6.45) is 2.24. The normalized spacial score (nSPS) is 12.5. The van der Waals surface area contributed by atoms with Crippen LogP contribution >= 0.6 is 0 Å². The molecule has 0 saturated carbocycles. The molecule has 4 heteroatoms. The van der Waals surface area contributed by atoms with Gasteiger partial charge in [0.15, 0.2) is 0 Å². The van der Waals surface area contributed by atoms with Crippen molar-refractivity contribution in [2.24, 2.45) is 5.73 Å². The second-order valence-corrected chi connectivity index (χ2v) is 3.22. The van der Waals surface area contributed by atoms with Crippen molar-refractivity contribution in [1.29, 1.82) is 0 Å². The maximum Gasteiger partial charge on any atom is 0.255 e. The Kier molecular flexibility index (Phi) is 3.71. The predicted octanol–water partition coefficient (Wildman–Crippen LogP) is 0.919. The van der Waals surface area contributed by atoms with E-state index in [9.17, 15) is 4.79 Å². The van der Waals surface area contributed by atoms with Gasteiger partial charge in [0.1, 0.15) is 5.76 Å². The summed E-state index contributed by atoms with van der Waals surface area (Å²) in [5.74, 6) is 0.597. The number of hydrogen-bond donors (Lipinski definition) is 2. The Morgan fingerprint density at radius 2 is 2.43 bits per heavy atom. The van der Waals surface area contributed by atoms with Crippen molar-refractivity contribution in [3.63, 3.8) is 0 Å². The fourth-order valence-electron chi connectivity index (χ4n) is 1.18. The monoisotopic (exact) mass is 196 g/mol. The van der Waals surface area contributed by atoms with Crippen LogP contribution in [0.4, 0.5) is 0 Å². The summed E-state index contributed by atoms with van der Waals surface area (Å²) in [5.41, 5.74) is 6.01. The lowest BCUT2D eigenvalue weighted by atomic mass is 10.2. The van der Waals surface area contributed by atoms with Crippen molar-refractivity contribution in [2.45, 2.75) is 26.3 Å². The van der Waals surface area contributed by atoms with Gasteiger partial charge in [0.2, 0.25) is 0 Å². The van der Waals surface area contributed by atoms with Crippen LogP contribution in [0.1, 0.15) is 30.0 Å². The number of carbonyl (C=O) groups is 1. The van der Waals surface area contributed by atoms with Gasteiger partial charge in [-0.15, -0.1) is 0 Å². The third-order valence-corrected chi connectivity index (χ3v) is 2.04. The van der Waals surface area contributed by atoms with Gasteiger partial charge in [-0.1, -0.05) is 6.92 Å². The highest BCUT2D eigenvalue weighted by Gasteiger charge is 2.14. The van der Waals surface area contributed by atoms with Gasteiger partial charge >= 0.3 is 0 Å². The zero-order valence-corrected chi connectivity index (χ0v) is 8.54. The summed E-state index contributed by atoms with van der Waals surface area (Å²) in [6, 6.07) is 1.67. The second-order valence-electron chi connectivity index (χ2n) is 3.22. The Bertz CT molecular complexity index is 307. The van der Waals surface area contributed by atoms with E-state index in [4.69, 9.17) is 10.2 Å². The minimum absolute atomic E-state index is 0.0119. The van der Waals surface area contributed by atoms with E-state index in [-0.39, 0.29) is 11.9 Å². The maximum absolute atomic E-state index is 11.6. The Labute approximate surface area is 83.5 Å². The summed E-state index contributed by atoms with van der Waals surface area (Å²) in [5, 5.41) is 2.78. The Morgan fingerprint density at radius 3 is 3.00 bits per heavy atom. The van der Waals surface area contributed by atoms with Crippen LogP contribution in [0, 0.1) is 0 Å². The van der Waals surface area contributed by atoms with Crippen LogP contribution in [0.2, 0.25) is 0 Å². The predicted molar refractivity (Wildman–Crippen MR) is 54.1 cm³/mol. The van der Waals surface area contributed by atoms with Crippen molar-refractivity contribution in [2.75, 3.05) is 6.54 Å². The molecule has 0 aliphatic heterocycles. The number of furan rings is 1. The van der Waals surface area contributed by atoms with E-state index in [1.807, 2.05) is 13.8 Å². The van der Waals surface area contributed by atoms with E-state index in [0.717, 1.165) is 0 Å². The van der Waals surface area contributed by atoms with Gasteiger partial charge in [-0.3, -0.25) is 4.79 Å². The molecule has 0 radical (unpaired) electrons. The molecule has 1 aromatic heterocycles. The van der Waals surface area contributed by atoms with E-state index >= 15 is 0 Å². The first-order valence-electron chi connectivity index (χ1n) is 4.76. The van der Waals surface area contributed by atoms with Crippen LogP contribution in [-0.4, -0.2) is 18.5 Å². The van der Waals surface area contributed by atoms with Gasteiger partial charge in [-0.2, -0.15) is 0 Å². The van der Waals surface area contributed by atoms with Gasteiger partial charge in [0, 0.05) is 19.0 Å². The fourth-order valence-corrected chi connectivity index (χ4v) is 1.18. The number of nitrogens with two attached hydrogens (primary N) is 1. The van der Waals surface area contributed by atoms with E-state index in [2.05, 4.69) is 5.32 Å². The SMILES string of the molecule is CCc1occc1C(=O)NC(C)CN. The highest BCUT2D eigenvalue weighted by molar-refractivity contribution is 5.95. The molecule has 0 fully saturated rings. The number of aryl methyl sites for hydroxylation is 1. The molecule has 0 saturated heterocycles. The average molecular weight is 196 g/mol. The van der Waals surface area contributed by atoms with Crippen LogP contribution in [0.25, 0.3) is 0 Å². The lowest BCUT2D eigenvalue weighted by Crippen LogP contribution is -2.37. The van der Waals surface area contributed by atoms with Gasteiger partial charge in [-0.05, 0) is 13.0 Å². The first-order chi connectivity index (χ1) is 6.69. The molecule has 1 heterocycles. The first-order valence-corrected chi connectivity index (χ1v) is 4.76. The van der Waals surface area contributed by atoms with Crippen LogP contribution in [0.5, 0.6) is 0 Å². The van der Waals surface area contributed by atoms with Crippen molar-refractivity contribution < 1.29 is 9.21 Å². The molecule has 0 aromatic carbocycles. The number of rotatable bonds is 4. The molecule has 1 atom stereocenters. The van der Waals surface area contributed by atoms with E-state index in [0.29, 0.717) is 24.3 Å². The van der Waals surface area contributed by atoms with Crippen molar-refractivity contribution in [3.8, 4) is 0 Å². The van der Waals surface area contributed by atoms with Crippen molar-refractivity contribution in [3.05, 3.63) is 23.7 Å². The zero-order chi connectivity index (χ0) is 10.6. The summed E-state index contributed by atoms with van der Waals surface area (Å²) in [4.78, 5) is 11.6. The molecule has 0 bridgehead atoms. The van der Waals surface area contributed by atoms with Crippen LogP contribution < -0.4 is 11.1 Å². The van der Waals surface area contributed by atoms with Crippen LogP contribution in [0.3, 0.4) is 0 Å². The third-order valence-electron chi connectivity index (χ3n) is 2.04. The lowest BCUT2D eigenvalue weighted by Gasteiger charge is -2.10. The van der Waals surface area contributed by atoms with Crippen LogP contribution in [0.15, 0.2) is 16.7 Å². The largest absolute Gasteiger partial charge is 0.469 e. The molecule has 0 spiro atoms. The molecule has 78 valence electrons. The van der Waals surface area contributed by atoms with Gasteiger partial charge in [0.05, 0.1) is 11.8 Å². The molecule has 1 unspecified atom stereocenters. The smallest absolute Gasteiger partial charge is 0.255 e. The minimum Gasteiger partial charge on any atom is -0.469 e. The Balaban J connectivity index is 2.69. The minimum atomic E-state index is -0.117. The molecule has 1 rings (SSSR count). The molecule has 14 heavy (non-hydrogen) atoms. The number of carbonyl (C=O) groups excluding carboxylic acids is 1. The zero-order valence-electron chi connectivity index (χ0n) is 8.54. The first kappa shape index (κ1) is 10.8. The molecule has 1 aromatic rings. The van der Waals surface area contributed by atoms with Crippen molar-refractivity contribution >= 4 is 5.91 Å². The standard InChI is InChI=1S/C10H16N2O2/c1-3-9-8(4-5-14-9)10(13)12-7(2)6-11/h4-5,7H,3,6,11H2,1-2H3,(H,12,13). The van der Waals surface area contributed by atoms with Gasteiger partial charge in [0.25, 0.3) is 5.91 Å². The van der Waals surface area contributed by atoms with E-state index in [1.54, 1.807) is 6.07 Å².